The zero-order valence-corrected chi connectivity index (χ0v) is 19.8. The molecular formula is C25H20ClIN2O2. The van der Waals surface area contributed by atoms with Crippen LogP contribution in [0.5, 0.6) is 0 Å². The van der Waals surface area contributed by atoms with Crippen LogP contribution in [0.15, 0.2) is 78.9 Å². The molecule has 31 heavy (non-hydrogen) atoms. The van der Waals surface area contributed by atoms with Crippen molar-refractivity contribution in [2.24, 2.45) is 0 Å². The van der Waals surface area contributed by atoms with E-state index in [4.69, 9.17) is 16.3 Å². The molecule has 1 heterocycles. The molecular weight excluding hydrogens is 523 g/mol. The van der Waals surface area contributed by atoms with Crippen LogP contribution in [0, 0.1) is 3.57 Å². The molecule has 0 aliphatic heterocycles. The van der Waals surface area contributed by atoms with E-state index in [0.29, 0.717) is 17.6 Å². The Bertz CT molecular complexity index is 1220. The number of carbonyl (C=O) groups excluding carboxylic acids is 1. The summed E-state index contributed by atoms with van der Waals surface area (Å²) in [4.78, 5) is 22.8. The molecule has 0 N–H and O–H groups in total. The second-order valence-electron chi connectivity index (χ2n) is 7.16. The van der Waals surface area contributed by atoms with Crippen LogP contribution in [0.25, 0.3) is 10.9 Å². The maximum Gasteiger partial charge on any atom is 0.323 e. The molecule has 0 fully saturated rings. The van der Waals surface area contributed by atoms with Crippen LogP contribution in [-0.4, -0.2) is 22.5 Å². The van der Waals surface area contributed by atoms with Gasteiger partial charge in [0, 0.05) is 8.96 Å². The topological polar surface area (TPSA) is 52.1 Å². The lowest BCUT2D eigenvalue weighted by Crippen LogP contribution is -2.42. The van der Waals surface area contributed by atoms with E-state index in [0.717, 1.165) is 20.1 Å². The van der Waals surface area contributed by atoms with E-state index in [2.05, 4.69) is 32.6 Å². The zero-order valence-electron chi connectivity index (χ0n) is 16.9. The fourth-order valence-electron chi connectivity index (χ4n) is 3.89. The standard InChI is InChI=1S/C25H20ClIN2O2/c1-2-31-23(30)25(18-11-7-4-8-12-18,16-17-9-5-3-6-10-17)22-20-15-19(27)13-14-21(20)28-24(26)29-22/h3-15H,2,16H2,1H3. The molecule has 0 radical (unpaired) electrons. The van der Waals surface area contributed by atoms with Crippen molar-refractivity contribution in [2.45, 2.75) is 18.8 Å². The monoisotopic (exact) mass is 542 g/mol. The zero-order chi connectivity index (χ0) is 21.8. The van der Waals surface area contributed by atoms with Crippen LogP contribution in [0.2, 0.25) is 5.28 Å². The van der Waals surface area contributed by atoms with Crippen molar-refractivity contribution in [1.29, 1.82) is 0 Å². The smallest absolute Gasteiger partial charge is 0.323 e. The largest absolute Gasteiger partial charge is 0.465 e. The van der Waals surface area contributed by atoms with Crippen molar-refractivity contribution in [3.8, 4) is 0 Å². The SMILES string of the molecule is CCOC(=O)C(Cc1ccccc1)(c1ccccc1)c1nc(Cl)nc2ccc(I)cc12. The molecule has 1 unspecified atom stereocenters. The fraction of sp³-hybridized carbons (Fsp3) is 0.160. The minimum absolute atomic E-state index is 0.0985. The van der Waals surface area contributed by atoms with Gasteiger partial charge in [-0.1, -0.05) is 60.7 Å². The van der Waals surface area contributed by atoms with Gasteiger partial charge >= 0.3 is 5.97 Å². The van der Waals surface area contributed by atoms with Crippen molar-refractivity contribution < 1.29 is 9.53 Å². The predicted octanol–water partition coefficient (Wildman–Crippen LogP) is 5.98. The summed E-state index contributed by atoms with van der Waals surface area (Å²) in [6.07, 6.45) is 0.380. The molecule has 1 aromatic heterocycles. The normalized spacial score (nSPS) is 13.0. The van der Waals surface area contributed by atoms with Crippen LogP contribution < -0.4 is 0 Å². The van der Waals surface area contributed by atoms with E-state index in [1.54, 1.807) is 0 Å². The average molecular weight is 543 g/mol. The number of esters is 1. The van der Waals surface area contributed by atoms with E-state index >= 15 is 0 Å². The molecule has 1 atom stereocenters. The van der Waals surface area contributed by atoms with E-state index < -0.39 is 5.41 Å². The van der Waals surface area contributed by atoms with Gasteiger partial charge in [-0.15, -0.1) is 0 Å². The maximum atomic E-state index is 13.8. The van der Waals surface area contributed by atoms with Gasteiger partial charge in [0.25, 0.3) is 0 Å². The first-order chi connectivity index (χ1) is 15.0. The van der Waals surface area contributed by atoms with E-state index in [1.807, 2.05) is 85.8 Å². The molecule has 4 rings (SSSR count). The van der Waals surface area contributed by atoms with Gasteiger partial charge in [0.05, 0.1) is 17.8 Å². The summed E-state index contributed by atoms with van der Waals surface area (Å²) in [6, 6.07) is 25.4. The van der Waals surface area contributed by atoms with Gasteiger partial charge in [-0.05, 0) is 76.9 Å². The van der Waals surface area contributed by atoms with E-state index in [9.17, 15) is 4.79 Å². The molecule has 0 bridgehead atoms. The Labute approximate surface area is 199 Å². The number of nitrogens with zero attached hydrogens (tertiary/aromatic N) is 2. The number of rotatable bonds is 6. The summed E-state index contributed by atoms with van der Waals surface area (Å²) < 4.78 is 6.68. The van der Waals surface area contributed by atoms with Gasteiger partial charge in [-0.25, -0.2) is 9.97 Å². The summed E-state index contributed by atoms with van der Waals surface area (Å²) in [5.41, 5.74) is 1.84. The van der Waals surface area contributed by atoms with Gasteiger partial charge < -0.3 is 4.74 Å². The lowest BCUT2D eigenvalue weighted by molar-refractivity contribution is -0.148. The van der Waals surface area contributed by atoms with E-state index in [1.165, 1.54) is 0 Å². The molecule has 0 saturated carbocycles. The lowest BCUT2D eigenvalue weighted by Gasteiger charge is -2.32. The molecule has 6 heteroatoms. The highest BCUT2D eigenvalue weighted by molar-refractivity contribution is 14.1. The van der Waals surface area contributed by atoms with Crippen molar-refractivity contribution in [3.63, 3.8) is 0 Å². The van der Waals surface area contributed by atoms with Crippen molar-refractivity contribution in [1.82, 2.24) is 9.97 Å². The molecule has 156 valence electrons. The number of carbonyl (C=O) groups is 1. The number of hydrogen-bond acceptors (Lipinski definition) is 4. The third-order valence-corrected chi connectivity index (χ3v) is 6.08. The first-order valence-electron chi connectivity index (χ1n) is 9.94. The minimum atomic E-state index is -1.19. The number of fused-ring (bicyclic) bond motifs is 1. The summed E-state index contributed by atoms with van der Waals surface area (Å²) >= 11 is 8.61. The highest BCUT2D eigenvalue weighted by Crippen LogP contribution is 2.40. The quantitative estimate of drug-likeness (QED) is 0.171. The molecule has 0 aliphatic rings. The summed E-state index contributed by atoms with van der Waals surface area (Å²) in [5.74, 6) is -0.361. The first kappa shape index (κ1) is 21.7. The number of benzene rings is 3. The van der Waals surface area contributed by atoms with Crippen molar-refractivity contribution in [2.75, 3.05) is 6.61 Å². The summed E-state index contributed by atoms with van der Waals surface area (Å²) in [6.45, 7) is 2.07. The Balaban J connectivity index is 2.10. The number of hydrogen-bond donors (Lipinski definition) is 0. The van der Waals surface area contributed by atoms with Gasteiger partial charge in [-0.3, -0.25) is 4.79 Å². The van der Waals surface area contributed by atoms with Crippen LogP contribution >= 0.6 is 34.2 Å². The fourth-order valence-corrected chi connectivity index (χ4v) is 4.55. The summed E-state index contributed by atoms with van der Waals surface area (Å²) in [5, 5.41) is 0.880. The molecule has 0 amide bonds. The molecule has 4 aromatic rings. The first-order valence-corrected chi connectivity index (χ1v) is 11.4. The minimum Gasteiger partial charge on any atom is -0.465 e. The number of ether oxygens (including phenoxy) is 1. The third-order valence-electron chi connectivity index (χ3n) is 5.24. The molecule has 3 aromatic carbocycles. The lowest BCUT2D eigenvalue weighted by atomic mass is 9.71. The predicted molar refractivity (Wildman–Crippen MR) is 131 cm³/mol. The second kappa shape index (κ2) is 9.32. The average Bonchev–Trinajstić information content (AvgIpc) is 2.79. The van der Waals surface area contributed by atoms with Gasteiger partial charge in [-0.2, -0.15) is 0 Å². The maximum absolute atomic E-state index is 13.8. The van der Waals surface area contributed by atoms with Gasteiger partial charge in [0.15, 0.2) is 0 Å². The Morgan fingerprint density at radius 1 is 1.00 bits per heavy atom. The Morgan fingerprint density at radius 3 is 2.35 bits per heavy atom. The van der Waals surface area contributed by atoms with E-state index in [-0.39, 0.29) is 17.9 Å². The Kier molecular flexibility index (Phi) is 6.53. The Hall–Kier alpha value is -2.51. The molecule has 4 nitrogen and oxygen atoms in total. The second-order valence-corrected chi connectivity index (χ2v) is 8.74. The summed E-state index contributed by atoms with van der Waals surface area (Å²) in [7, 11) is 0. The Morgan fingerprint density at radius 2 is 1.68 bits per heavy atom. The molecule has 0 aliphatic carbocycles. The number of halogens is 2. The van der Waals surface area contributed by atoms with Gasteiger partial charge in [0.1, 0.15) is 5.41 Å². The molecule has 0 spiro atoms. The number of aromatic nitrogens is 2. The highest BCUT2D eigenvalue weighted by atomic mass is 127. The third kappa shape index (κ3) is 4.29. The van der Waals surface area contributed by atoms with Crippen LogP contribution in [0.4, 0.5) is 0 Å². The van der Waals surface area contributed by atoms with Crippen molar-refractivity contribution >= 4 is 51.1 Å². The van der Waals surface area contributed by atoms with Crippen molar-refractivity contribution in [3.05, 3.63) is 105 Å². The van der Waals surface area contributed by atoms with Crippen LogP contribution in [-0.2, 0) is 21.4 Å². The van der Waals surface area contributed by atoms with Gasteiger partial charge in [0.2, 0.25) is 5.28 Å². The molecule has 0 saturated heterocycles. The van der Waals surface area contributed by atoms with Crippen LogP contribution in [0.1, 0.15) is 23.7 Å². The highest BCUT2D eigenvalue weighted by Gasteiger charge is 2.46. The van der Waals surface area contributed by atoms with Crippen LogP contribution in [0.3, 0.4) is 0 Å².